The van der Waals surface area contributed by atoms with Gasteiger partial charge >= 0.3 is 0 Å². The van der Waals surface area contributed by atoms with Crippen LogP contribution in [0.25, 0.3) is 0 Å². The van der Waals surface area contributed by atoms with Crippen LogP contribution < -0.4 is 14.8 Å². The minimum absolute atomic E-state index is 0.169. The second-order valence-electron chi connectivity index (χ2n) is 5.72. The number of imidazole rings is 1. The van der Waals surface area contributed by atoms with Crippen molar-refractivity contribution in [2.45, 2.75) is 12.6 Å². The van der Waals surface area contributed by atoms with Gasteiger partial charge < -0.3 is 14.0 Å². The normalized spacial score (nSPS) is 15.6. The molecule has 0 bridgehead atoms. The number of nitrogens with zero attached hydrogens (tertiary/aromatic N) is 2. The van der Waals surface area contributed by atoms with Gasteiger partial charge in [0.05, 0.1) is 6.54 Å². The van der Waals surface area contributed by atoms with E-state index in [4.69, 9.17) is 9.47 Å². The highest BCUT2D eigenvalue weighted by Gasteiger charge is 2.28. The maximum Gasteiger partial charge on any atom is 0.271 e. The number of hydrogen-bond donors (Lipinski definition) is 1. The number of benzene rings is 2. The Labute approximate surface area is 145 Å². The van der Waals surface area contributed by atoms with Gasteiger partial charge in [-0.25, -0.2) is 4.98 Å². The first kappa shape index (κ1) is 15.3. The van der Waals surface area contributed by atoms with Crippen molar-refractivity contribution < 1.29 is 14.3 Å². The summed E-state index contributed by atoms with van der Waals surface area (Å²) < 4.78 is 13.2. The summed E-state index contributed by atoms with van der Waals surface area (Å²) in [5.74, 6) is 1.42. The van der Waals surface area contributed by atoms with Crippen molar-refractivity contribution in [3.05, 3.63) is 72.6 Å². The summed E-state index contributed by atoms with van der Waals surface area (Å²) in [6.07, 6.45) is 2.78. The minimum atomic E-state index is -0.711. The number of carbonyl (C=O) groups is 1. The molecule has 2 aromatic carbocycles. The number of fused-ring (bicyclic) bond motifs is 1. The SMILES string of the molecule is O=C(Nc1nccn1Cc1ccccc1)C1COc2ccccc2O1. The zero-order valence-corrected chi connectivity index (χ0v) is 13.5. The summed E-state index contributed by atoms with van der Waals surface area (Å²) in [5.41, 5.74) is 1.13. The van der Waals surface area contributed by atoms with E-state index in [1.54, 1.807) is 12.3 Å². The smallest absolute Gasteiger partial charge is 0.271 e. The number of anilines is 1. The van der Waals surface area contributed by atoms with Crippen molar-refractivity contribution in [3.8, 4) is 11.5 Å². The van der Waals surface area contributed by atoms with Crippen LogP contribution in [0.5, 0.6) is 11.5 Å². The molecule has 1 amide bonds. The number of nitrogens with one attached hydrogen (secondary N) is 1. The second-order valence-corrected chi connectivity index (χ2v) is 5.72. The predicted octanol–water partition coefficient (Wildman–Crippen LogP) is 2.71. The molecule has 3 aromatic rings. The lowest BCUT2D eigenvalue weighted by Gasteiger charge is -2.25. The summed E-state index contributed by atoms with van der Waals surface area (Å²) in [7, 11) is 0. The van der Waals surface area contributed by atoms with Crippen LogP contribution in [-0.2, 0) is 11.3 Å². The number of amides is 1. The number of rotatable bonds is 4. The van der Waals surface area contributed by atoms with E-state index in [0.29, 0.717) is 24.0 Å². The number of para-hydroxylation sites is 2. The third-order valence-corrected chi connectivity index (χ3v) is 3.95. The van der Waals surface area contributed by atoms with E-state index >= 15 is 0 Å². The van der Waals surface area contributed by atoms with Gasteiger partial charge in [-0.3, -0.25) is 10.1 Å². The first-order chi connectivity index (χ1) is 12.3. The third kappa shape index (κ3) is 3.33. The number of ether oxygens (including phenoxy) is 2. The van der Waals surface area contributed by atoms with E-state index in [1.807, 2.05) is 59.3 Å². The second kappa shape index (κ2) is 6.68. The maximum atomic E-state index is 12.5. The average Bonchev–Trinajstić information content (AvgIpc) is 3.08. The van der Waals surface area contributed by atoms with E-state index < -0.39 is 6.10 Å². The van der Waals surface area contributed by atoms with Gasteiger partial charge in [0.2, 0.25) is 12.1 Å². The molecule has 6 nitrogen and oxygen atoms in total. The van der Waals surface area contributed by atoms with E-state index in [2.05, 4.69) is 10.3 Å². The van der Waals surface area contributed by atoms with E-state index in [1.165, 1.54) is 0 Å². The van der Waals surface area contributed by atoms with Crippen molar-refractivity contribution in [1.29, 1.82) is 0 Å². The summed E-state index contributed by atoms with van der Waals surface area (Å²) in [6, 6.07) is 17.3. The van der Waals surface area contributed by atoms with Gasteiger partial charge in [-0.15, -0.1) is 0 Å². The van der Waals surface area contributed by atoms with Crippen molar-refractivity contribution >= 4 is 11.9 Å². The van der Waals surface area contributed by atoms with Crippen molar-refractivity contribution in [3.63, 3.8) is 0 Å². The number of hydrogen-bond acceptors (Lipinski definition) is 4. The third-order valence-electron chi connectivity index (χ3n) is 3.95. The predicted molar refractivity (Wildman–Crippen MR) is 92.8 cm³/mol. The van der Waals surface area contributed by atoms with Crippen LogP contribution in [0.4, 0.5) is 5.95 Å². The molecule has 25 heavy (non-hydrogen) atoms. The maximum absolute atomic E-state index is 12.5. The first-order valence-corrected chi connectivity index (χ1v) is 8.04. The highest BCUT2D eigenvalue weighted by molar-refractivity contribution is 5.93. The molecule has 1 N–H and O–H groups in total. The lowest BCUT2D eigenvalue weighted by molar-refractivity contribution is -0.125. The molecule has 1 aliphatic heterocycles. The lowest BCUT2D eigenvalue weighted by atomic mass is 10.2. The van der Waals surface area contributed by atoms with E-state index in [0.717, 1.165) is 5.56 Å². The fourth-order valence-corrected chi connectivity index (χ4v) is 2.68. The Balaban J connectivity index is 1.45. The highest BCUT2D eigenvalue weighted by Crippen LogP contribution is 2.31. The molecule has 0 spiro atoms. The summed E-state index contributed by atoms with van der Waals surface area (Å²) in [5, 5.41) is 2.82. The molecule has 0 saturated carbocycles. The Bertz CT molecular complexity index is 876. The van der Waals surface area contributed by atoms with E-state index in [9.17, 15) is 4.79 Å². The van der Waals surface area contributed by atoms with Gasteiger partial charge in [0.25, 0.3) is 5.91 Å². The van der Waals surface area contributed by atoms with Crippen LogP contribution in [0, 0.1) is 0 Å². The fourth-order valence-electron chi connectivity index (χ4n) is 2.68. The van der Waals surface area contributed by atoms with Gasteiger partial charge in [0, 0.05) is 12.4 Å². The Hall–Kier alpha value is -3.28. The molecule has 0 fully saturated rings. The molecule has 1 atom stereocenters. The molecule has 126 valence electrons. The number of carbonyl (C=O) groups excluding carboxylic acids is 1. The Kier molecular flexibility index (Phi) is 4.08. The molecular formula is C19H17N3O3. The molecule has 1 aromatic heterocycles. The molecular weight excluding hydrogens is 318 g/mol. The standard InChI is InChI=1S/C19H17N3O3/c23-18(17-13-24-15-8-4-5-9-16(15)25-17)21-19-20-10-11-22(19)12-14-6-2-1-3-7-14/h1-11,17H,12-13H2,(H,20,21,23). The van der Waals surface area contributed by atoms with Crippen LogP contribution in [-0.4, -0.2) is 28.2 Å². The van der Waals surface area contributed by atoms with Gasteiger partial charge in [-0.05, 0) is 17.7 Å². The van der Waals surface area contributed by atoms with Crippen LogP contribution in [0.2, 0.25) is 0 Å². The molecule has 1 aliphatic rings. The first-order valence-electron chi connectivity index (χ1n) is 8.04. The summed E-state index contributed by atoms with van der Waals surface area (Å²) in [4.78, 5) is 16.7. The largest absolute Gasteiger partial charge is 0.485 e. The van der Waals surface area contributed by atoms with Crippen molar-refractivity contribution in [2.24, 2.45) is 0 Å². The highest BCUT2D eigenvalue weighted by atomic mass is 16.6. The monoisotopic (exact) mass is 335 g/mol. The molecule has 0 saturated heterocycles. The average molecular weight is 335 g/mol. The summed E-state index contributed by atoms with van der Waals surface area (Å²) in [6.45, 7) is 0.795. The Morgan fingerprint density at radius 1 is 1.12 bits per heavy atom. The van der Waals surface area contributed by atoms with Crippen LogP contribution in [0.1, 0.15) is 5.56 Å². The molecule has 6 heteroatoms. The van der Waals surface area contributed by atoms with Crippen molar-refractivity contribution in [2.75, 3.05) is 11.9 Å². The molecule has 0 aliphatic carbocycles. The van der Waals surface area contributed by atoms with Crippen LogP contribution in [0.3, 0.4) is 0 Å². The van der Waals surface area contributed by atoms with E-state index in [-0.39, 0.29) is 12.5 Å². The Morgan fingerprint density at radius 2 is 1.88 bits per heavy atom. The topological polar surface area (TPSA) is 65.4 Å². The zero-order chi connectivity index (χ0) is 17.1. The minimum Gasteiger partial charge on any atom is -0.485 e. The van der Waals surface area contributed by atoms with Gasteiger partial charge in [-0.1, -0.05) is 42.5 Å². The van der Waals surface area contributed by atoms with Crippen LogP contribution >= 0.6 is 0 Å². The molecule has 2 heterocycles. The molecule has 1 unspecified atom stereocenters. The quantitative estimate of drug-likeness (QED) is 0.796. The lowest BCUT2D eigenvalue weighted by Crippen LogP contribution is -2.40. The van der Waals surface area contributed by atoms with Crippen molar-refractivity contribution in [1.82, 2.24) is 9.55 Å². The molecule has 4 rings (SSSR count). The van der Waals surface area contributed by atoms with Crippen LogP contribution in [0.15, 0.2) is 67.0 Å². The van der Waals surface area contributed by atoms with Gasteiger partial charge in [0.15, 0.2) is 11.5 Å². The van der Waals surface area contributed by atoms with Gasteiger partial charge in [0.1, 0.15) is 6.61 Å². The Morgan fingerprint density at radius 3 is 2.72 bits per heavy atom. The van der Waals surface area contributed by atoms with Gasteiger partial charge in [-0.2, -0.15) is 0 Å². The summed E-state index contributed by atoms with van der Waals surface area (Å²) >= 11 is 0. The fraction of sp³-hybridized carbons (Fsp3) is 0.158. The number of aromatic nitrogens is 2. The zero-order valence-electron chi connectivity index (χ0n) is 13.5. The molecule has 0 radical (unpaired) electrons.